The summed E-state index contributed by atoms with van der Waals surface area (Å²) in [4.78, 5) is 15.5. The highest BCUT2D eigenvalue weighted by molar-refractivity contribution is 7.98. The van der Waals surface area contributed by atoms with Crippen molar-refractivity contribution in [2.45, 2.75) is 10.6 Å². The first-order valence-corrected chi connectivity index (χ1v) is 6.70. The molecule has 0 bridgehead atoms. The lowest BCUT2D eigenvalue weighted by atomic mass is 10.2. The summed E-state index contributed by atoms with van der Waals surface area (Å²) >= 11 is 1.14. The number of halogens is 2. The number of carbonyl (C=O) groups is 1. The Hall–Kier alpha value is -1.95. The Bertz CT molecular complexity index is 617. The van der Waals surface area contributed by atoms with E-state index in [1.165, 1.54) is 13.3 Å². The average Bonchev–Trinajstić information content (AvgIpc) is 2.48. The summed E-state index contributed by atoms with van der Waals surface area (Å²) in [5.74, 6) is -1.04. The number of esters is 1. The summed E-state index contributed by atoms with van der Waals surface area (Å²) < 4.78 is 31.0. The largest absolute Gasteiger partial charge is 0.465 e. The topological polar surface area (TPSA) is 39.2 Å². The van der Waals surface area contributed by atoms with Crippen LogP contribution in [-0.2, 0) is 10.5 Å². The Morgan fingerprint density at radius 2 is 2.10 bits per heavy atom. The molecule has 20 heavy (non-hydrogen) atoms. The molecule has 0 aliphatic carbocycles. The number of ether oxygens (including phenoxy) is 1. The number of rotatable bonds is 4. The number of nitrogens with zero attached hydrogens (tertiary/aromatic N) is 1. The van der Waals surface area contributed by atoms with Gasteiger partial charge in [-0.25, -0.2) is 13.6 Å². The highest BCUT2D eigenvalue weighted by Crippen LogP contribution is 2.25. The SMILES string of the molecule is COC(=O)c1ccc(CSc2cc(F)ccc2F)nc1. The van der Waals surface area contributed by atoms with E-state index in [0.29, 0.717) is 17.0 Å². The number of carbonyl (C=O) groups excluding carboxylic acids is 1. The molecule has 0 N–H and O–H groups in total. The molecule has 0 aliphatic rings. The molecule has 0 atom stereocenters. The minimum Gasteiger partial charge on any atom is -0.465 e. The summed E-state index contributed by atoms with van der Waals surface area (Å²) in [5.41, 5.74) is 1.00. The van der Waals surface area contributed by atoms with E-state index in [2.05, 4.69) is 9.72 Å². The fraction of sp³-hybridized carbons (Fsp3) is 0.143. The highest BCUT2D eigenvalue weighted by Gasteiger charge is 2.08. The predicted molar refractivity (Wildman–Crippen MR) is 71.5 cm³/mol. The fourth-order valence-corrected chi connectivity index (χ4v) is 2.36. The van der Waals surface area contributed by atoms with Crippen LogP contribution >= 0.6 is 11.8 Å². The maximum absolute atomic E-state index is 13.4. The molecule has 3 nitrogen and oxygen atoms in total. The van der Waals surface area contributed by atoms with Crippen LogP contribution < -0.4 is 0 Å². The third-order valence-electron chi connectivity index (χ3n) is 2.51. The number of pyridine rings is 1. The summed E-state index contributed by atoms with van der Waals surface area (Å²) in [6.07, 6.45) is 1.39. The third kappa shape index (κ3) is 3.54. The highest BCUT2D eigenvalue weighted by atomic mass is 32.2. The number of thioether (sulfide) groups is 1. The van der Waals surface area contributed by atoms with Gasteiger partial charge in [0.1, 0.15) is 11.6 Å². The first-order chi connectivity index (χ1) is 9.60. The molecule has 0 fully saturated rings. The van der Waals surface area contributed by atoms with E-state index >= 15 is 0 Å². The first kappa shape index (κ1) is 14.5. The molecule has 0 radical (unpaired) electrons. The standard InChI is InChI=1S/C14H11F2NO2S/c1-19-14(18)9-2-4-11(17-7-9)8-20-13-6-10(15)3-5-12(13)16/h2-7H,8H2,1H3. The molecule has 2 rings (SSSR count). The van der Waals surface area contributed by atoms with E-state index in [1.807, 2.05) is 0 Å². The molecule has 0 spiro atoms. The van der Waals surface area contributed by atoms with Gasteiger partial charge in [0.15, 0.2) is 0 Å². The Morgan fingerprint density at radius 1 is 1.30 bits per heavy atom. The molecule has 104 valence electrons. The lowest BCUT2D eigenvalue weighted by molar-refractivity contribution is 0.0600. The van der Waals surface area contributed by atoms with Gasteiger partial charge in [0.2, 0.25) is 0 Å². The van der Waals surface area contributed by atoms with Crippen LogP contribution in [0, 0.1) is 11.6 Å². The zero-order valence-corrected chi connectivity index (χ0v) is 11.4. The van der Waals surface area contributed by atoms with E-state index in [1.54, 1.807) is 12.1 Å². The lowest BCUT2D eigenvalue weighted by Gasteiger charge is -2.04. The van der Waals surface area contributed by atoms with Crippen LogP contribution in [0.25, 0.3) is 0 Å². The van der Waals surface area contributed by atoms with Crippen molar-refractivity contribution in [3.8, 4) is 0 Å². The molecule has 0 saturated heterocycles. The van der Waals surface area contributed by atoms with Gasteiger partial charge in [-0.1, -0.05) is 0 Å². The minimum atomic E-state index is -0.483. The normalized spacial score (nSPS) is 10.3. The van der Waals surface area contributed by atoms with Crippen LogP contribution in [0.5, 0.6) is 0 Å². The van der Waals surface area contributed by atoms with Crippen LogP contribution in [0.3, 0.4) is 0 Å². The van der Waals surface area contributed by atoms with Crippen LogP contribution in [0.15, 0.2) is 41.4 Å². The summed E-state index contributed by atoms with van der Waals surface area (Å²) in [6, 6.07) is 6.53. The average molecular weight is 295 g/mol. The minimum absolute atomic E-state index is 0.226. The fourth-order valence-electron chi connectivity index (χ4n) is 1.49. The summed E-state index contributed by atoms with van der Waals surface area (Å²) in [6.45, 7) is 0. The lowest BCUT2D eigenvalue weighted by Crippen LogP contribution is -2.02. The number of aromatic nitrogens is 1. The van der Waals surface area contributed by atoms with Gasteiger partial charge < -0.3 is 4.74 Å². The van der Waals surface area contributed by atoms with Crippen LogP contribution in [0.4, 0.5) is 8.78 Å². The van der Waals surface area contributed by atoms with Gasteiger partial charge in [-0.2, -0.15) is 0 Å². The number of hydrogen-bond acceptors (Lipinski definition) is 4. The van der Waals surface area contributed by atoms with Crippen molar-refractivity contribution in [2.24, 2.45) is 0 Å². The molecule has 0 unspecified atom stereocenters. The molecule has 1 aromatic carbocycles. The second kappa shape index (κ2) is 6.47. The van der Waals surface area contributed by atoms with Crippen molar-refractivity contribution in [1.29, 1.82) is 0 Å². The smallest absolute Gasteiger partial charge is 0.339 e. The van der Waals surface area contributed by atoms with Gasteiger partial charge in [0, 0.05) is 16.8 Å². The van der Waals surface area contributed by atoms with Crippen LogP contribution in [0.1, 0.15) is 16.1 Å². The zero-order valence-electron chi connectivity index (χ0n) is 10.6. The Labute approximate surface area is 119 Å². The van der Waals surface area contributed by atoms with E-state index in [4.69, 9.17) is 0 Å². The van der Waals surface area contributed by atoms with Gasteiger partial charge in [0.05, 0.1) is 18.4 Å². The van der Waals surface area contributed by atoms with Crippen molar-refractivity contribution in [3.05, 3.63) is 59.4 Å². The summed E-state index contributed by atoms with van der Waals surface area (Å²) in [7, 11) is 1.29. The second-order valence-electron chi connectivity index (χ2n) is 3.89. The van der Waals surface area contributed by atoms with E-state index in [9.17, 15) is 13.6 Å². The van der Waals surface area contributed by atoms with Crippen molar-refractivity contribution in [3.63, 3.8) is 0 Å². The van der Waals surface area contributed by atoms with Gasteiger partial charge in [-0.05, 0) is 30.3 Å². The molecule has 1 aromatic heterocycles. The van der Waals surface area contributed by atoms with Crippen molar-refractivity contribution >= 4 is 17.7 Å². The van der Waals surface area contributed by atoms with Crippen LogP contribution in [-0.4, -0.2) is 18.1 Å². The maximum atomic E-state index is 13.4. The molecule has 6 heteroatoms. The molecule has 2 aromatic rings. The van der Waals surface area contributed by atoms with Gasteiger partial charge in [-0.3, -0.25) is 4.98 Å². The Balaban J connectivity index is 2.04. The van der Waals surface area contributed by atoms with Gasteiger partial charge >= 0.3 is 5.97 Å². The van der Waals surface area contributed by atoms with Crippen molar-refractivity contribution < 1.29 is 18.3 Å². The quantitative estimate of drug-likeness (QED) is 0.640. The number of methoxy groups -OCH3 is 1. The maximum Gasteiger partial charge on any atom is 0.339 e. The van der Waals surface area contributed by atoms with Crippen molar-refractivity contribution in [1.82, 2.24) is 4.98 Å². The molecule has 0 saturated carbocycles. The molecular weight excluding hydrogens is 284 g/mol. The third-order valence-corrected chi connectivity index (χ3v) is 3.58. The molecular formula is C14H11F2NO2S. The van der Waals surface area contributed by atoms with E-state index in [-0.39, 0.29) is 4.90 Å². The Morgan fingerprint density at radius 3 is 2.75 bits per heavy atom. The predicted octanol–water partition coefficient (Wildman–Crippen LogP) is 3.44. The molecule has 1 heterocycles. The molecule has 0 aliphatic heterocycles. The number of benzene rings is 1. The van der Waals surface area contributed by atoms with Gasteiger partial charge in [-0.15, -0.1) is 11.8 Å². The van der Waals surface area contributed by atoms with Crippen LogP contribution in [0.2, 0.25) is 0 Å². The Kier molecular flexibility index (Phi) is 4.68. The summed E-state index contributed by atoms with van der Waals surface area (Å²) in [5, 5.41) is 0. The molecule has 0 amide bonds. The van der Waals surface area contributed by atoms with E-state index < -0.39 is 17.6 Å². The van der Waals surface area contributed by atoms with Gasteiger partial charge in [0.25, 0.3) is 0 Å². The zero-order chi connectivity index (χ0) is 14.5. The first-order valence-electron chi connectivity index (χ1n) is 5.71. The second-order valence-corrected chi connectivity index (χ2v) is 4.91. The van der Waals surface area contributed by atoms with Crippen molar-refractivity contribution in [2.75, 3.05) is 7.11 Å². The monoisotopic (exact) mass is 295 g/mol. The van der Waals surface area contributed by atoms with E-state index in [0.717, 1.165) is 30.0 Å². The number of hydrogen-bond donors (Lipinski definition) is 0.